The molecule has 0 spiro atoms. The minimum Gasteiger partial charge on any atom is -0.382 e. The van der Waals surface area contributed by atoms with E-state index in [1.165, 1.54) is 41.1 Å². The molecule has 5 saturated heterocycles. The number of imide groups is 2. The molecule has 25 nitrogen and oxygen atoms in total. The van der Waals surface area contributed by atoms with Crippen LogP contribution in [-0.2, 0) is 48.5 Å². The summed E-state index contributed by atoms with van der Waals surface area (Å²) in [6.07, 6.45) is 3.22. The number of alkyl halides is 3. The van der Waals surface area contributed by atoms with Crippen molar-refractivity contribution in [3.05, 3.63) is 148 Å². The number of carbonyl (C=O) groups excluding carboxylic acids is 7. The molecular weight excluding hydrogens is 1450 g/mol. The lowest BCUT2D eigenvalue weighted by Crippen LogP contribution is -2.55. The number of rotatable bonds is 27. The van der Waals surface area contributed by atoms with E-state index >= 15 is 0 Å². The number of fused-ring (bicyclic) bond motifs is 1. The first-order valence-electron chi connectivity index (χ1n) is 35.8. The molecule has 4 N–H and O–H groups in total. The lowest BCUT2D eigenvalue weighted by molar-refractivity contribution is -0.139. The van der Waals surface area contributed by atoms with E-state index in [9.17, 15) is 63.6 Å². The summed E-state index contributed by atoms with van der Waals surface area (Å²) in [5.74, 6) is -3.22. The van der Waals surface area contributed by atoms with E-state index in [0.29, 0.717) is 114 Å². The number of thioether (sulfide) groups is 1. The number of anilines is 3. The molecule has 7 amide bonds. The maximum Gasteiger partial charge on any atom is 0.501 e. The SMILES string of the molecule is CC1(CN2CCN(C(=O)CN3CCN(C(=O)COCCNc4cccc5c4C(=O)N(C4CCC(=O)NC4=O)C5=O)CC3)CC2)CCC(c2ccc(Cl)cc2)=C(CN2CCN(c3ccc(C(=O)NS(=O)(=O)c4ccc(N[C@H](CCN5CCOCC5)CSc5ccccc5)c(S(=O)(=O)C(F)(F)F)c4)cc3)CC2)C1. The van der Waals surface area contributed by atoms with Crippen LogP contribution >= 0.6 is 23.4 Å². The predicted octanol–water partition coefficient (Wildman–Crippen LogP) is 6.63. The van der Waals surface area contributed by atoms with Gasteiger partial charge in [0.05, 0.1) is 48.1 Å². The number of hydrogen-bond donors (Lipinski definition) is 4. The molecule has 5 aromatic carbocycles. The number of ether oxygens (including phenoxy) is 2. The fourth-order valence-corrected chi connectivity index (χ4v) is 18.0. The second-order valence-electron chi connectivity index (χ2n) is 28.1. The van der Waals surface area contributed by atoms with Gasteiger partial charge in [0.15, 0.2) is 0 Å². The van der Waals surface area contributed by atoms with Crippen molar-refractivity contribution in [2.24, 2.45) is 5.41 Å². The van der Waals surface area contributed by atoms with E-state index in [4.69, 9.17) is 21.1 Å². The molecule has 7 aliphatic rings. The Hall–Kier alpha value is -7.98. The quantitative estimate of drug-likeness (QED) is 0.0244. The van der Waals surface area contributed by atoms with Crippen molar-refractivity contribution in [1.29, 1.82) is 0 Å². The fourth-order valence-electron chi connectivity index (χ4n) is 14.8. The number of halogens is 4. The number of amides is 7. The molecular formula is C74H88ClF3N12O13S3. The molecule has 3 atom stereocenters. The molecule has 12 rings (SSSR count). The summed E-state index contributed by atoms with van der Waals surface area (Å²) in [6.45, 7) is 14.7. The smallest absolute Gasteiger partial charge is 0.382 e. The number of allylic oxidation sites excluding steroid dienone is 1. The van der Waals surface area contributed by atoms with Crippen molar-refractivity contribution in [1.82, 2.24) is 44.3 Å². The van der Waals surface area contributed by atoms with E-state index in [1.54, 1.807) is 29.2 Å². The van der Waals surface area contributed by atoms with E-state index < -0.39 is 82.5 Å². The zero-order valence-corrected chi connectivity index (χ0v) is 62.2. The third-order valence-electron chi connectivity index (χ3n) is 20.7. The number of sulfone groups is 1. The van der Waals surface area contributed by atoms with Crippen LogP contribution in [0.5, 0.6) is 0 Å². The van der Waals surface area contributed by atoms with Gasteiger partial charge in [-0.3, -0.25) is 63.4 Å². The first-order chi connectivity index (χ1) is 50.8. The summed E-state index contributed by atoms with van der Waals surface area (Å²) in [6, 6.07) is 29.2. The molecule has 568 valence electrons. The molecule has 5 fully saturated rings. The maximum atomic E-state index is 14.4. The molecule has 2 unspecified atom stereocenters. The van der Waals surface area contributed by atoms with E-state index in [2.05, 4.69) is 59.5 Å². The number of nitrogens with zero attached hydrogens (tertiary/aromatic N) is 8. The molecule has 0 aromatic heterocycles. The number of hydrogen-bond acceptors (Lipinski definition) is 21. The number of benzene rings is 5. The number of nitrogens with one attached hydrogen (secondary N) is 4. The molecule has 6 aliphatic heterocycles. The number of sulfonamides is 1. The van der Waals surface area contributed by atoms with Gasteiger partial charge in [0.25, 0.3) is 37.6 Å². The van der Waals surface area contributed by atoms with Gasteiger partial charge in [-0.05, 0) is 128 Å². The van der Waals surface area contributed by atoms with Crippen molar-refractivity contribution >= 4 is 107 Å². The molecule has 6 heterocycles. The standard InChI is InChI=1S/C74H88ClF3N12O13S3/c1-73(50-86-31-37-88(38-32-86)66(92)47-85-29-35-89(36-30-85)67(93)48-103-41-25-79-62-9-5-8-60-68(62)72(97)90(71(60)96)63-20-21-65(91)81-70(63)95)24-22-59(51-10-14-54(75)15-11-51)53(45-73)46-84-27-33-87(34-28-84)56-16-12-52(13-17-56)69(94)82-106(100,101)58-18-19-61(64(44-58)105(98,99)74(76,77)78)80-55(23-26-83-39-42-102-43-40-83)49-104-57-6-3-2-4-7-57/h2-19,44,55,63,79-80H,20-43,45-50H2,1H3,(H,82,94)(H,81,91,95)/t55-,63?,73?/m1/s1. The normalized spacial score (nSPS) is 20.9. The summed E-state index contributed by atoms with van der Waals surface area (Å²) in [7, 11) is -11.0. The summed E-state index contributed by atoms with van der Waals surface area (Å²) in [5, 5.41) is 8.97. The Morgan fingerprint density at radius 2 is 1.42 bits per heavy atom. The van der Waals surface area contributed by atoms with Gasteiger partial charge in [-0.1, -0.05) is 60.5 Å². The lowest BCUT2D eigenvalue weighted by Gasteiger charge is -2.44. The largest absolute Gasteiger partial charge is 0.501 e. The van der Waals surface area contributed by atoms with Gasteiger partial charge in [0, 0.05) is 163 Å². The summed E-state index contributed by atoms with van der Waals surface area (Å²) < 4.78 is 110. The average Bonchev–Trinajstić information content (AvgIpc) is 1.46. The van der Waals surface area contributed by atoms with Crippen LogP contribution in [0, 0.1) is 5.41 Å². The Bertz CT molecular complexity index is 4330. The number of morpholine rings is 1. The minimum absolute atomic E-state index is 0.0152. The molecule has 0 radical (unpaired) electrons. The maximum absolute atomic E-state index is 14.4. The summed E-state index contributed by atoms with van der Waals surface area (Å²) in [4.78, 5) is 106. The van der Waals surface area contributed by atoms with Crippen molar-refractivity contribution in [3.63, 3.8) is 0 Å². The molecule has 0 saturated carbocycles. The highest BCUT2D eigenvalue weighted by Gasteiger charge is 2.49. The van der Waals surface area contributed by atoms with Crippen molar-refractivity contribution in [2.75, 3.05) is 172 Å². The Kier molecular flexibility index (Phi) is 25.0. The van der Waals surface area contributed by atoms with Crippen LogP contribution in [0.3, 0.4) is 0 Å². The number of piperazine rings is 3. The highest BCUT2D eigenvalue weighted by atomic mass is 35.5. The Labute approximate surface area is 624 Å². The van der Waals surface area contributed by atoms with E-state index in [1.807, 2.05) is 52.1 Å². The molecule has 1 aliphatic carbocycles. The predicted molar refractivity (Wildman–Crippen MR) is 395 cm³/mol. The van der Waals surface area contributed by atoms with Crippen molar-refractivity contribution < 1.29 is 73.0 Å². The van der Waals surface area contributed by atoms with Crippen LogP contribution < -0.4 is 25.6 Å². The van der Waals surface area contributed by atoms with Gasteiger partial charge in [-0.2, -0.15) is 13.2 Å². The zero-order valence-electron chi connectivity index (χ0n) is 59.0. The van der Waals surface area contributed by atoms with Gasteiger partial charge in [0.1, 0.15) is 17.5 Å². The zero-order chi connectivity index (χ0) is 74.9. The minimum atomic E-state index is -6.11. The fraction of sp³-hybridized carbons (Fsp3) is 0.473. The third kappa shape index (κ3) is 18.9. The van der Waals surface area contributed by atoms with Gasteiger partial charge in [-0.25, -0.2) is 21.6 Å². The van der Waals surface area contributed by atoms with Crippen LogP contribution in [0.4, 0.5) is 30.2 Å². The average molecular weight is 1540 g/mol. The Morgan fingerprint density at radius 3 is 2.10 bits per heavy atom. The van der Waals surface area contributed by atoms with E-state index in [0.717, 1.165) is 91.7 Å². The number of carbonyl (C=O) groups is 7. The Balaban J connectivity index is 0.587. The van der Waals surface area contributed by atoms with Gasteiger partial charge in [-0.15, -0.1) is 11.8 Å². The van der Waals surface area contributed by atoms with Crippen molar-refractivity contribution in [2.45, 2.75) is 77.7 Å². The highest BCUT2D eigenvalue weighted by Crippen LogP contribution is 2.45. The van der Waals surface area contributed by atoms with Crippen LogP contribution in [-0.4, -0.2) is 267 Å². The Morgan fingerprint density at radius 1 is 0.736 bits per heavy atom. The summed E-state index contributed by atoms with van der Waals surface area (Å²) in [5.41, 5.74) is -0.999. The number of piperidine rings is 1. The van der Waals surface area contributed by atoms with Gasteiger partial charge >= 0.3 is 5.51 Å². The highest BCUT2D eigenvalue weighted by molar-refractivity contribution is 7.99. The monoisotopic (exact) mass is 1540 g/mol. The second-order valence-corrected chi connectivity index (χ2v) is 33.2. The molecule has 32 heteroatoms. The summed E-state index contributed by atoms with van der Waals surface area (Å²) >= 11 is 7.82. The van der Waals surface area contributed by atoms with Crippen molar-refractivity contribution in [3.8, 4) is 0 Å². The first kappa shape index (κ1) is 77.6. The second kappa shape index (κ2) is 34.1. The molecule has 0 bridgehead atoms. The lowest BCUT2D eigenvalue weighted by atomic mass is 9.71. The van der Waals surface area contributed by atoms with Gasteiger partial charge < -0.3 is 34.8 Å². The van der Waals surface area contributed by atoms with Crippen LogP contribution in [0.25, 0.3) is 5.57 Å². The molecule has 106 heavy (non-hydrogen) atoms. The molecule has 5 aromatic rings. The topological polar surface area (TPSA) is 280 Å². The third-order valence-corrected chi connectivity index (χ3v) is 25.0. The van der Waals surface area contributed by atoms with Gasteiger partial charge in [0.2, 0.25) is 23.6 Å². The first-order valence-corrected chi connectivity index (χ1v) is 40.1. The van der Waals surface area contributed by atoms with Crippen LogP contribution in [0.15, 0.2) is 136 Å². The van der Waals surface area contributed by atoms with Crippen LogP contribution in [0.2, 0.25) is 5.02 Å². The van der Waals surface area contributed by atoms with E-state index in [-0.39, 0.29) is 73.1 Å². The van der Waals surface area contributed by atoms with Crippen LogP contribution in [0.1, 0.15) is 82.1 Å².